The molecule has 4 rings (SSSR count). The van der Waals surface area contributed by atoms with E-state index in [9.17, 15) is 4.79 Å². The first-order valence-corrected chi connectivity index (χ1v) is 11.6. The van der Waals surface area contributed by atoms with E-state index in [-0.39, 0.29) is 17.2 Å². The molecule has 1 heterocycles. The van der Waals surface area contributed by atoms with E-state index in [0.717, 1.165) is 47.9 Å². The Balaban J connectivity index is 1.51. The molecular formula is C24H28N4OS. The highest BCUT2D eigenvalue weighted by Crippen LogP contribution is 2.41. The molecule has 1 aromatic heterocycles. The highest BCUT2D eigenvalue weighted by atomic mass is 32.2. The normalized spacial score (nSPS) is 15.5. The molecule has 0 saturated heterocycles. The number of carbonyl (C=O) groups is 1. The molecule has 2 aromatic carbocycles. The Kier molecular flexibility index (Phi) is 6.53. The van der Waals surface area contributed by atoms with E-state index in [1.807, 2.05) is 43.3 Å². The number of rotatable bonds is 9. The Morgan fingerprint density at radius 1 is 1.10 bits per heavy atom. The second kappa shape index (κ2) is 9.47. The van der Waals surface area contributed by atoms with E-state index in [1.54, 1.807) is 0 Å². The number of nitrogens with one attached hydrogen (secondary N) is 1. The van der Waals surface area contributed by atoms with Crippen LogP contribution in [0.1, 0.15) is 62.9 Å². The van der Waals surface area contributed by atoms with Crippen molar-refractivity contribution in [3.63, 3.8) is 0 Å². The molecule has 0 aliphatic heterocycles. The molecule has 5 nitrogen and oxygen atoms in total. The SMILES string of the molecule is CCCC(NC(=O)C(C)Sc1nnc(C2CC2)n1-c1ccccc1)c1ccccc1. The van der Waals surface area contributed by atoms with Crippen molar-refractivity contribution >= 4 is 17.7 Å². The predicted molar refractivity (Wildman–Crippen MR) is 121 cm³/mol. The van der Waals surface area contributed by atoms with Crippen molar-refractivity contribution in [3.05, 3.63) is 72.1 Å². The predicted octanol–water partition coefficient (Wildman–Crippen LogP) is 5.28. The van der Waals surface area contributed by atoms with Crippen LogP contribution in [0.15, 0.2) is 65.8 Å². The number of amides is 1. The maximum Gasteiger partial charge on any atom is 0.233 e. The third-order valence-electron chi connectivity index (χ3n) is 5.36. The fourth-order valence-corrected chi connectivity index (χ4v) is 4.46. The highest BCUT2D eigenvalue weighted by molar-refractivity contribution is 8.00. The first-order chi connectivity index (χ1) is 14.7. The molecule has 2 atom stereocenters. The van der Waals surface area contributed by atoms with E-state index < -0.39 is 0 Å². The molecule has 30 heavy (non-hydrogen) atoms. The summed E-state index contributed by atoms with van der Waals surface area (Å²) in [6, 6.07) is 20.4. The van der Waals surface area contributed by atoms with Gasteiger partial charge in [-0.25, -0.2) is 0 Å². The molecule has 1 amide bonds. The molecule has 6 heteroatoms. The lowest BCUT2D eigenvalue weighted by atomic mass is 10.0. The Labute approximate surface area is 182 Å². The van der Waals surface area contributed by atoms with Gasteiger partial charge in [0.05, 0.1) is 11.3 Å². The molecule has 3 aromatic rings. The molecule has 1 aliphatic rings. The van der Waals surface area contributed by atoms with Crippen LogP contribution in [0.25, 0.3) is 5.69 Å². The summed E-state index contributed by atoms with van der Waals surface area (Å²) >= 11 is 1.47. The van der Waals surface area contributed by atoms with E-state index in [1.165, 1.54) is 11.8 Å². The number of carbonyl (C=O) groups excluding carboxylic acids is 1. The number of aromatic nitrogens is 3. The maximum atomic E-state index is 13.0. The van der Waals surface area contributed by atoms with Crippen molar-refractivity contribution in [1.82, 2.24) is 20.1 Å². The number of hydrogen-bond donors (Lipinski definition) is 1. The molecule has 156 valence electrons. The van der Waals surface area contributed by atoms with Gasteiger partial charge in [0.25, 0.3) is 0 Å². The van der Waals surface area contributed by atoms with Crippen LogP contribution >= 0.6 is 11.8 Å². The smallest absolute Gasteiger partial charge is 0.233 e. The second-order valence-electron chi connectivity index (χ2n) is 7.81. The standard InChI is InChI=1S/C24H28N4OS/c1-3-10-21(18-11-6-4-7-12-18)25-23(29)17(2)30-24-27-26-22(19-15-16-19)28(24)20-13-8-5-9-14-20/h4-9,11-14,17,19,21H,3,10,15-16H2,1-2H3,(H,25,29). The Morgan fingerprint density at radius 2 is 1.77 bits per heavy atom. The average molecular weight is 421 g/mol. The molecule has 0 spiro atoms. The summed E-state index contributed by atoms with van der Waals surface area (Å²) in [6.45, 7) is 4.08. The third kappa shape index (κ3) is 4.75. The van der Waals surface area contributed by atoms with E-state index in [2.05, 4.69) is 51.3 Å². The van der Waals surface area contributed by atoms with Crippen molar-refractivity contribution in [2.75, 3.05) is 0 Å². The van der Waals surface area contributed by atoms with Gasteiger partial charge in [0.15, 0.2) is 5.16 Å². The summed E-state index contributed by atoms with van der Waals surface area (Å²) in [5, 5.41) is 12.7. The van der Waals surface area contributed by atoms with E-state index >= 15 is 0 Å². The van der Waals surface area contributed by atoms with Crippen LogP contribution in [0.2, 0.25) is 0 Å². The number of hydrogen-bond acceptors (Lipinski definition) is 4. The molecular weight excluding hydrogens is 392 g/mol. The summed E-state index contributed by atoms with van der Waals surface area (Å²) in [5.41, 5.74) is 2.20. The van der Waals surface area contributed by atoms with Gasteiger partial charge in [-0.05, 0) is 43.9 Å². The summed E-state index contributed by atoms with van der Waals surface area (Å²) in [6.07, 6.45) is 4.23. The minimum atomic E-state index is -0.271. The quantitative estimate of drug-likeness (QED) is 0.478. The first-order valence-electron chi connectivity index (χ1n) is 10.7. The van der Waals surface area contributed by atoms with Crippen molar-refractivity contribution in [3.8, 4) is 5.69 Å². The summed E-state index contributed by atoms with van der Waals surface area (Å²) in [4.78, 5) is 13.0. The minimum Gasteiger partial charge on any atom is -0.348 e. The molecule has 0 bridgehead atoms. The molecule has 1 fully saturated rings. The van der Waals surface area contributed by atoms with Gasteiger partial charge in [0.1, 0.15) is 5.82 Å². The van der Waals surface area contributed by atoms with Gasteiger partial charge >= 0.3 is 0 Å². The fourth-order valence-electron chi connectivity index (χ4n) is 3.58. The van der Waals surface area contributed by atoms with Gasteiger partial charge in [-0.3, -0.25) is 9.36 Å². The summed E-state index contributed by atoms with van der Waals surface area (Å²) in [7, 11) is 0. The van der Waals surface area contributed by atoms with Gasteiger partial charge in [0.2, 0.25) is 5.91 Å². The van der Waals surface area contributed by atoms with Crippen LogP contribution in [0, 0.1) is 0 Å². The average Bonchev–Trinajstić information content (AvgIpc) is 3.54. The number of nitrogens with zero attached hydrogens (tertiary/aromatic N) is 3. The topological polar surface area (TPSA) is 59.8 Å². The zero-order valence-electron chi connectivity index (χ0n) is 17.5. The van der Waals surface area contributed by atoms with Crippen LogP contribution in [0.4, 0.5) is 0 Å². The molecule has 1 N–H and O–H groups in total. The van der Waals surface area contributed by atoms with Crippen molar-refractivity contribution < 1.29 is 4.79 Å². The van der Waals surface area contributed by atoms with E-state index in [4.69, 9.17) is 0 Å². The second-order valence-corrected chi connectivity index (χ2v) is 9.11. The number of thioether (sulfide) groups is 1. The zero-order chi connectivity index (χ0) is 20.9. The van der Waals surface area contributed by atoms with Crippen LogP contribution in [-0.4, -0.2) is 25.9 Å². The molecule has 1 saturated carbocycles. The van der Waals surface area contributed by atoms with Gasteiger partial charge in [-0.15, -0.1) is 10.2 Å². The number of benzene rings is 2. The van der Waals surface area contributed by atoms with Crippen molar-refractivity contribution in [2.24, 2.45) is 0 Å². The lowest BCUT2D eigenvalue weighted by molar-refractivity contribution is -0.121. The summed E-state index contributed by atoms with van der Waals surface area (Å²) in [5.74, 6) is 1.51. The van der Waals surface area contributed by atoms with E-state index in [0.29, 0.717) is 5.92 Å². The van der Waals surface area contributed by atoms with Crippen LogP contribution in [-0.2, 0) is 4.79 Å². The van der Waals surface area contributed by atoms with Gasteiger partial charge in [-0.2, -0.15) is 0 Å². The molecule has 0 radical (unpaired) electrons. The van der Waals surface area contributed by atoms with Crippen LogP contribution < -0.4 is 5.32 Å². The van der Waals surface area contributed by atoms with Gasteiger partial charge < -0.3 is 5.32 Å². The van der Waals surface area contributed by atoms with Gasteiger partial charge in [0, 0.05) is 11.6 Å². The Hall–Kier alpha value is -2.60. The van der Waals surface area contributed by atoms with Crippen LogP contribution in [0.3, 0.4) is 0 Å². The Bertz CT molecular complexity index is 969. The largest absolute Gasteiger partial charge is 0.348 e. The fraction of sp³-hybridized carbons (Fsp3) is 0.375. The molecule has 1 aliphatic carbocycles. The lowest BCUT2D eigenvalue weighted by Crippen LogP contribution is -2.34. The summed E-state index contributed by atoms with van der Waals surface area (Å²) < 4.78 is 2.12. The monoisotopic (exact) mass is 420 g/mol. The zero-order valence-corrected chi connectivity index (χ0v) is 18.3. The van der Waals surface area contributed by atoms with Crippen LogP contribution in [0.5, 0.6) is 0 Å². The maximum absolute atomic E-state index is 13.0. The third-order valence-corrected chi connectivity index (χ3v) is 6.41. The minimum absolute atomic E-state index is 0.0258. The lowest BCUT2D eigenvalue weighted by Gasteiger charge is -2.21. The van der Waals surface area contributed by atoms with Gasteiger partial charge in [-0.1, -0.05) is 73.6 Å². The highest BCUT2D eigenvalue weighted by Gasteiger charge is 2.32. The molecule has 2 unspecified atom stereocenters. The number of para-hydroxylation sites is 1. The van der Waals surface area contributed by atoms with Crippen molar-refractivity contribution in [2.45, 2.75) is 61.9 Å². The first kappa shape index (κ1) is 20.7. The van der Waals surface area contributed by atoms with Crippen molar-refractivity contribution in [1.29, 1.82) is 0 Å². The Morgan fingerprint density at radius 3 is 2.40 bits per heavy atom.